The van der Waals surface area contributed by atoms with Crippen LogP contribution in [0.15, 0.2) is 82.8 Å². The van der Waals surface area contributed by atoms with Gasteiger partial charge in [-0.3, -0.25) is 9.98 Å². The van der Waals surface area contributed by atoms with E-state index in [1.165, 1.54) is 332 Å². The van der Waals surface area contributed by atoms with Crippen molar-refractivity contribution in [2.75, 3.05) is 0 Å². The van der Waals surface area contributed by atoms with E-state index in [1.54, 1.807) is 0 Å². The Hall–Kier alpha value is -2.74. The number of rotatable bonds is 61. The van der Waals surface area contributed by atoms with Crippen LogP contribution in [0.3, 0.4) is 0 Å². The second-order valence-corrected chi connectivity index (χ2v) is 25.1. The lowest BCUT2D eigenvalue weighted by atomic mass is 10.0. The molecule has 0 fully saturated rings. The molecule has 0 saturated carbocycles. The van der Waals surface area contributed by atoms with Gasteiger partial charge >= 0.3 is 0 Å². The third-order valence-electron chi connectivity index (χ3n) is 17.4. The molecular formula is C78H136N2. The van der Waals surface area contributed by atoms with Crippen LogP contribution in [0.5, 0.6) is 0 Å². The number of benzene rings is 2. The summed E-state index contributed by atoms with van der Waals surface area (Å²) < 4.78 is 0. The summed E-state index contributed by atoms with van der Waals surface area (Å²) >= 11 is 0. The first-order valence-electron chi connectivity index (χ1n) is 36.3. The van der Waals surface area contributed by atoms with Crippen LogP contribution in [0.25, 0.3) is 0 Å². The molecule has 2 rings (SSSR count). The normalized spacial score (nSPS) is 12.3. The maximum atomic E-state index is 5.40. The molecule has 0 aromatic heterocycles. The van der Waals surface area contributed by atoms with Crippen LogP contribution in [0.1, 0.15) is 386 Å². The fraction of sp³-hybridized carbons (Fsp3) is 0.769. The Bertz CT molecular complexity index is 1710. The average Bonchev–Trinajstić information content (AvgIpc) is 3.48. The molecule has 0 atom stereocenters. The van der Waals surface area contributed by atoms with Crippen LogP contribution in [0.4, 0.5) is 11.4 Å². The predicted octanol–water partition coefficient (Wildman–Crippen LogP) is 27.9. The Morgan fingerprint density at radius 2 is 0.512 bits per heavy atom. The molecule has 0 unspecified atom stereocenters. The van der Waals surface area contributed by atoms with Crippen LogP contribution in [-0.4, -0.2) is 11.4 Å². The Morgan fingerprint density at radius 1 is 0.275 bits per heavy atom. The van der Waals surface area contributed by atoms with Crippen LogP contribution in [0.2, 0.25) is 0 Å². The Labute approximate surface area is 501 Å². The summed E-state index contributed by atoms with van der Waals surface area (Å²) in [5.41, 5.74) is 7.20. The van der Waals surface area contributed by atoms with E-state index in [-0.39, 0.29) is 0 Å². The smallest absolute Gasteiger partial charge is 0.0665 e. The monoisotopic (exact) mass is 1100 g/mol. The average molecular weight is 1100 g/mol. The maximum Gasteiger partial charge on any atom is 0.0665 e. The molecule has 0 heterocycles. The molecule has 2 aromatic rings. The molecule has 0 aliphatic heterocycles. The summed E-state index contributed by atoms with van der Waals surface area (Å²) in [5.74, 6) is 0. The lowest BCUT2D eigenvalue weighted by molar-refractivity contribution is 0.519. The van der Waals surface area contributed by atoms with Gasteiger partial charge in [-0.05, 0) is 107 Å². The molecule has 0 N–H and O–H groups in total. The number of para-hydroxylation sites is 2. The Kier molecular flexibility index (Phi) is 54.5. The van der Waals surface area contributed by atoms with Crippen molar-refractivity contribution in [1.29, 1.82) is 0 Å². The van der Waals surface area contributed by atoms with Gasteiger partial charge in [-0.2, -0.15) is 0 Å². The van der Waals surface area contributed by atoms with Gasteiger partial charge in [0.2, 0.25) is 0 Å². The Balaban J connectivity index is 1.56. The molecule has 0 aliphatic rings. The number of aliphatic imine (C=N–C) groups is 2. The summed E-state index contributed by atoms with van der Waals surface area (Å²) in [6, 6.07) is 17.7. The van der Waals surface area contributed by atoms with Gasteiger partial charge in [0.05, 0.1) is 22.8 Å². The summed E-state index contributed by atoms with van der Waals surface area (Å²) in [7, 11) is 0. The van der Waals surface area contributed by atoms with E-state index in [0.717, 1.165) is 61.3 Å². The van der Waals surface area contributed by atoms with Gasteiger partial charge in [0.15, 0.2) is 0 Å². The van der Waals surface area contributed by atoms with E-state index >= 15 is 0 Å². The highest BCUT2D eigenvalue weighted by Gasteiger charge is 2.10. The first-order valence-corrected chi connectivity index (χ1v) is 36.3. The third-order valence-corrected chi connectivity index (χ3v) is 17.4. The lowest BCUT2D eigenvalue weighted by Gasteiger charge is -2.11. The first kappa shape index (κ1) is 73.4. The number of nitrogens with zero attached hydrogens (tertiary/aromatic N) is 2. The van der Waals surface area contributed by atoms with Gasteiger partial charge in [0.1, 0.15) is 0 Å². The van der Waals surface area contributed by atoms with Crippen LogP contribution in [0, 0.1) is 0 Å². The van der Waals surface area contributed by atoms with Crippen LogP contribution < -0.4 is 0 Å². The molecule has 2 heteroatoms. The molecule has 0 amide bonds. The molecule has 2 nitrogen and oxygen atoms in total. The van der Waals surface area contributed by atoms with Gasteiger partial charge in [0, 0.05) is 0 Å². The molecule has 458 valence electrons. The standard InChI is InChI=1S/C78H136N2/c1-5-8-11-13-15-17-19-21-23-25-27-29-31-33-35-37-39-41-43-45-47-49-51-53-55-57-60-66-74-68-62-64-71-77(74)79-73(4)76(70-59-10-7-3)80-78-72-65-63-69-75(78)67-61-58-56-54-52-50-48-46-44-42-40-38-36-34-32-30-28-26-24-22-20-18-16-14-12-9-6-2/h53-56,62-65,68-69,71-72H,5-52,57-61,66-67,70H2,1-4H3/b55-53+,56-54+,79-73?,80-76?. The molecule has 0 aliphatic carbocycles. The van der Waals surface area contributed by atoms with E-state index in [4.69, 9.17) is 9.98 Å². The predicted molar refractivity (Wildman–Crippen MR) is 365 cm³/mol. The van der Waals surface area contributed by atoms with Crippen molar-refractivity contribution in [3.8, 4) is 0 Å². The second-order valence-electron chi connectivity index (χ2n) is 25.1. The minimum atomic E-state index is 0.979. The largest absolute Gasteiger partial charge is 0.252 e. The van der Waals surface area contributed by atoms with E-state index in [9.17, 15) is 0 Å². The van der Waals surface area contributed by atoms with Crippen molar-refractivity contribution >= 4 is 22.8 Å². The van der Waals surface area contributed by atoms with Crippen molar-refractivity contribution in [3.63, 3.8) is 0 Å². The zero-order chi connectivity index (χ0) is 57.0. The fourth-order valence-electron chi connectivity index (χ4n) is 11.9. The molecule has 80 heavy (non-hydrogen) atoms. The maximum absolute atomic E-state index is 5.40. The minimum Gasteiger partial charge on any atom is -0.252 e. The van der Waals surface area contributed by atoms with Crippen LogP contribution >= 0.6 is 0 Å². The van der Waals surface area contributed by atoms with E-state index < -0.39 is 0 Å². The second kappa shape index (κ2) is 59.4. The number of unbranched alkanes of at least 4 members (excludes halogenated alkanes) is 48. The molecule has 2 aromatic carbocycles. The van der Waals surface area contributed by atoms with Crippen molar-refractivity contribution in [3.05, 3.63) is 84.0 Å². The van der Waals surface area contributed by atoms with Crippen LogP contribution in [-0.2, 0) is 12.8 Å². The first-order chi connectivity index (χ1) is 39.7. The summed E-state index contributed by atoms with van der Waals surface area (Å²) in [5, 5.41) is 0. The number of hydrogen-bond acceptors (Lipinski definition) is 2. The van der Waals surface area contributed by atoms with Gasteiger partial charge in [-0.1, -0.05) is 364 Å². The molecule has 0 saturated heterocycles. The van der Waals surface area contributed by atoms with Gasteiger partial charge in [-0.25, -0.2) is 0 Å². The highest BCUT2D eigenvalue weighted by atomic mass is 14.8. The van der Waals surface area contributed by atoms with E-state index in [0.29, 0.717) is 0 Å². The lowest BCUT2D eigenvalue weighted by Crippen LogP contribution is -2.10. The van der Waals surface area contributed by atoms with Crippen molar-refractivity contribution in [2.45, 2.75) is 387 Å². The molecule has 0 spiro atoms. The summed E-state index contributed by atoms with van der Waals surface area (Å²) in [6.45, 7) is 9.11. The minimum absolute atomic E-state index is 0.979. The number of aryl methyl sites for hydroxylation is 2. The number of allylic oxidation sites excluding steroid dienone is 4. The quantitative estimate of drug-likeness (QED) is 0.0358. The zero-order valence-electron chi connectivity index (χ0n) is 54.4. The highest BCUT2D eigenvalue weighted by molar-refractivity contribution is 6.42. The van der Waals surface area contributed by atoms with Gasteiger partial charge < -0.3 is 0 Å². The van der Waals surface area contributed by atoms with Crippen molar-refractivity contribution in [2.24, 2.45) is 9.98 Å². The van der Waals surface area contributed by atoms with Gasteiger partial charge in [-0.15, -0.1) is 0 Å². The highest BCUT2D eigenvalue weighted by Crippen LogP contribution is 2.26. The molecule has 0 radical (unpaired) electrons. The van der Waals surface area contributed by atoms with Crippen molar-refractivity contribution in [1.82, 2.24) is 0 Å². The third kappa shape index (κ3) is 46.7. The summed E-state index contributed by atoms with van der Waals surface area (Å²) in [6.07, 6.45) is 87.3. The van der Waals surface area contributed by atoms with Crippen molar-refractivity contribution < 1.29 is 0 Å². The topological polar surface area (TPSA) is 24.7 Å². The fourth-order valence-corrected chi connectivity index (χ4v) is 11.9. The van der Waals surface area contributed by atoms with Gasteiger partial charge in [0.25, 0.3) is 0 Å². The van der Waals surface area contributed by atoms with E-state index in [2.05, 4.69) is 101 Å². The van der Waals surface area contributed by atoms with E-state index in [1.807, 2.05) is 0 Å². The number of hydrogen-bond donors (Lipinski definition) is 0. The molecule has 0 bridgehead atoms. The Morgan fingerprint density at radius 3 is 0.812 bits per heavy atom. The summed E-state index contributed by atoms with van der Waals surface area (Å²) in [4.78, 5) is 10.7. The zero-order valence-corrected chi connectivity index (χ0v) is 54.4. The molecular weight excluding hydrogens is 965 g/mol. The SMILES string of the molecule is CCCCCCCCCCCCCCCCCCCCCCCC/C=C/CCCc1ccccc1N=C(C)C(CCCCC)=Nc1ccccc1CCC/C=C/CCCCCCCCCCCCCCCCCCCCCCCC.